The number of phenols is 1. The van der Waals surface area contributed by atoms with Gasteiger partial charge in [-0.25, -0.2) is 4.79 Å². The molecule has 2 aromatic rings. The summed E-state index contributed by atoms with van der Waals surface area (Å²) in [5.74, 6) is -0.321. The number of hydrogen-bond acceptors (Lipinski definition) is 3. The molecule has 0 atom stereocenters. The number of unbranched alkanes of at least 4 members (excludes halogenated alkanes) is 2. The lowest BCUT2D eigenvalue weighted by molar-refractivity contribution is 0.0697. The lowest BCUT2D eigenvalue weighted by atomic mass is 10.1. The Balaban J connectivity index is 2.04. The Bertz CT molecular complexity index is 702. The Labute approximate surface area is 142 Å². The Morgan fingerprint density at radius 3 is 2.38 bits per heavy atom. The standard InChI is InChI=1S/C20H22O4/c1-2-3-4-13-24-19-14-16(9-12-18(19)21)6-5-15-7-10-17(11-8-15)20(22)23/h5-12,14,21H,2-4,13H2,1H3,(H,22,23). The second-order valence-electron chi connectivity index (χ2n) is 5.54. The third-order valence-electron chi connectivity index (χ3n) is 3.62. The Kier molecular flexibility index (Phi) is 6.43. The third-order valence-corrected chi connectivity index (χ3v) is 3.62. The van der Waals surface area contributed by atoms with Crippen LogP contribution in [-0.4, -0.2) is 22.8 Å². The van der Waals surface area contributed by atoms with Gasteiger partial charge in [-0.2, -0.15) is 0 Å². The van der Waals surface area contributed by atoms with Gasteiger partial charge in [0.25, 0.3) is 0 Å². The minimum Gasteiger partial charge on any atom is -0.504 e. The average molecular weight is 326 g/mol. The molecule has 126 valence electrons. The quantitative estimate of drug-likeness (QED) is 0.538. The van der Waals surface area contributed by atoms with E-state index in [0.29, 0.717) is 12.4 Å². The summed E-state index contributed by atoms with van der Waals surface area (Å²) in [7, 11) is 0. The lowest BCUT2D eigenvalue weighted by Gasteiger charge is -2.08. The van der Waals surface area contributed by atoms with E-state index >= 15 is 0 Å². The van der Waals surface area contributed by atoms with Crippen LogP contribution in [0.15, 0.2) is 42.5 Å². The number of ether oxygens (including phenoxy) is 1. The van der Waals surface area contributed by atoms with Gasteiger partial charge in [-0.15, -0.1) is 0 Å². The minimum atomic E-state index is -0.936. The highest BCUT2D eigenvalue weighted by Crippen LogP contribution is 2.28. The SMILES string of the molecule is CCCCCOc1cc(C=Cc2ccc(C(=O)O)cc2)ccc1O. The van der Waals surface area contributed by atoms with E-state index in [1.807, 2.05) is 12.2 Å². The number of phenolic OH excluding ortho intramolecular Hbond substituents is 1. The van der Waals surface area contributed by atoms with Gasteiger partial charge in [-0.05, 0) is 41.8 Å². The molecule has 4 nitrogen and oxygen atoms in total. The van der Waals surface area contributed by atoms with Crippen molar-refractivity contribution in [2.75, 3.05) is 6.61 Å². The van der Waals surface area contributed by atoms with Crippen LogP contribution >= 0.6 is 0 Å². The van der Waals surface area contributed by atoms with Crippen molar-refractivity contribution in [1.82, 2.24) is 0 Å². The van der Waals surface area contributed by atoms with Gasteiger partial charge in [0.05, 0.1) is 12.2 Å². The van der Waals surface area contributed by atoms with Gasteiger partial charge < -0.3 is 14.9 Å². The van der Waals surface area contributed by atoms with Crippen molar-refractivity contribution in [3.8, 4) is 11.5 Å². The highest BCUT2D eigenvalue weighted by atomic mass is 16.5. The summed E-state index contributed by atoms with van der Waals surface area (Å²) in [5, 5.41) is 18.7. The fourth-order valence-electron chi connectivity index (χ4n) is 2.21. The fourth-order valence-corrected chi connectivity index (χ4v) is 2.21. The van der Waals surface area contributed by atoms with Gasteiger partial charge in [0.1, 0.15) is 0 Å². The molecule has 0 aromatic heterocycles. The zero-order valence-electron chi connectivity index (χ0n) is 13.7. The fraction of sp³-hybridized carbons (Fsp3) is 0.250. The number of carbonyl (C=O) groups is 1. The first-order valence-corrected chi connectivity index (χ1v) is 8.07. The Morgan fingerprint density at radius 1 is 1.04 bits per heavy atom. The van der Waals surface area contributed by atoms with E-state index in [-0.39, 0.29) is 11.3 Å². The summed E-state index contributed by atoms with van der Waals surface area (Å²) in [5.41, 5.74) is 2.07. The van der Waals surface area contributed by atoms with Crippen LogP contribution in [0, 0.1) is 0 Å². The van der Waals surface area contributed by atoms with Crippen molar-refractivity contribution in [1.29, 1.82) is 0 Å². The molecule has 4 heteroatoms. The van der Waals surface area contributed by atoms with E-state index < -0.39 is 5.97 Å². The van der Waals surface area contributed by atoms with Crippen molar-refractivity contribution in [3.63, 3.8) is 0 Å². The van der Waals surface area contributed by atoms with Crippen molar-refractivity contribution in [2.45, 2.75) is 26.2 Å². The molecule has 0 radical (unpaired) electrons. The second kappa shape index (κ2) is 8.77. The van der Waals surface area contributed by atoms with E-state index in [2.05, 4.69) is 6.92 Å². The predicted molar refractivity (Wildman–Crippen MR) is 95.5 cm³/mol. The van der Waals surface area contributed by atoms with Gasteiger partial charge >= 0.3 is 5.97 Å². The van der Waals surface area contributed by atoms with Crippen LogP contribution in [0.1, 0.15) is 47.7 Å². The number of benzene rings is 2. The Hall–Kier alpha value is -2.75. The summed E-state index contributed by atoms with van der Waals surface area (Å²) in [6, 6.07) is 11.9. The number of rotatable bonds is 8. The van der Waals surface area contributed by atoms with Gasteiger partial charge in [-0.1, -0.05) is 50.1 Å². The molecule has 0 aliphatic carbocycles. The van der Waals surface area contributed by atoms with Crippen molar-refractivity contribution >= 4 is 18.1 Å². The number of aromatic carboxylic acids is 1. The van der Waals surface area contributed by atoms with Crippen LogP contribution in [-0.2, 0) is 0 Å². The maximum Gasteiger partial charge on any atom is 0.335 e. The third kappa shape index (κ3) is 5.16. The molecule has 0 bridgehead atoms. The first-order valence-electron chi connectivity index (χ1n) is 8.07. The Morgan fingerprint density at radius 2 is 1.71 bits per heavy atom. The summed E-state index contributed by atoms with van der Waals surface area (Å²) >= 11 is 0. The number of carboxylic acids is 1. The van der Waals surface area contributed by atoms with E-state index in [1.165, 1.54) is 0 Å². The van der Waals surface area contributed by atoms with Crippen LogP contribution in [0.5, 0.6) is 11.5 Å². The summed E-state index contributed by atoms with van der Waals surface area (Å²) in [6.45, 7) is 2.72. The van der Waals surface area contributed by atoms with E-state index in [1.54, 1.807) is 42.5 Å². The maximum absolute atomic E-state index is 10.8. The highest BCUT2D eigenvalue weighted by Gasteiger charge is 2.03. The molecule has 0 heterocycles. The highest BCUT2D eigenvalue weighted by molar-refractivity contribution is 5.88. The molecule has 0 saturated carbocycles. The molecule has 0 aliphatic heterocycles. The van der Waals surface area contributed by atoms with Gasteiger partial charge in [0.15, 0.2) is 11.5 Å². The van der Waals surface area contributed by atoms with Crippen molar-refractivity contribution in [3.05, 3.63) is 59.2 Å². The molecular weight excluding hydrogens is 304 g/mol. The maximum atomic E-state index is 10.8. The van der Waals surface area contributed by atoms with Crippen LogP contribution in [0.4, 0.5) is 0 Å². The second-order valence-corrected chi connectivity index (χ2v) is 5.54. The smallest absolute Gasteiger partial charge is 0.335 e. The first-order chi connectivity index (χ1) is 11.6. The monoisotopic (exact) mass is 326 g/mol. The molecule has 2 aromatic carbocycles. The van der Waals surface area contributed by atoms with Gasteiger partial charge in [0.2, 0.25) is 0 Å². The minimum absolute atomic E-state index is 0.134. The van der Waals surface area contributed by atoms with Crippen molar-refractivity contribution < 1.29 is 19.7 Å². The van der Waals surface area contributed by atoms with Crippen LogP contribution in [0.25, 0.3) is 12.2 Å². The van der Waals surface area contributed by atoms with Crippen molar-refractivity contribution in [2.24, 2.45) is 0 Å². The normalized spacial score (nSPS) is 10.9. The van der Waals surface area contributed by atoms with E-state index in [4.69, 9.17) is 9.84 Å². The molecular formula is C20H22O4. The number of aromatic hydroxyl groups is 1. The molecule has 0 saturated heterocycles. The van der Waals surface area contributed by atoms with Crippen LogP contribution in [0.2, 0.25) is 0 Å². The summed E-state index contributed by atoms with van der Waals surface area (Å²) in [4.78, 5) is 10.8. The molecule has 0 fully saturated rings. The molecule has 0 unspecified atom stereocenters. The predicted octanol–water partition coefficient (Wildman–Crippen LogP) is 4.83. The van der Waals surface area contributed by atoms with Crippen LogP contribution in [0.3, 0.4) is 0 Å². The topological polar surface area (TPSA) is 66.8 Å². The van der Waals surface area contributed by atoms with Gasteiger partial charge in [0, 0.05) is 0 Å². The molecule has 0 amide bonds. The molecule has 0 spiro atoms. The number of hydrogen-bond donors (Lipinski definition) is 2. The summed E-state index contributed by atoms with van der Waals surface area (Å²) in [6.07, 6.45) is 6.98. The lowest BCUT2D eigenvalue weighted by Crippen LogP contribution is -1.97. The summed E-state index contributed by atoms with van der Waals surface area (Å²) < 4.78 is 5.62. The zero-order chi connectivity index (χ0) is 17.4. The van der Waals surface area contributed by atoms with Crippen LogP contribution < -0.4 is 4.74 Å². The largest absolute Gasteiger partial charge is 0.504 e. The van der Waals surface area contributed by atoms with E-state index in [9.17, 15) is 9.90 Å². The number of carboxylic acid groups (broad SMARTS) is 1. The first kappa shape index (κ1) is 17.6. The average Bonchev–Trinajstić information content (AvgIpc) is 2.59. The molecule has 24 heavy (non-hydrogen) atoms. The molecule has 2 rings (SSSR count). The van der Waals surface area contributed by atoms with Gasteiger partial charge in [-0.3, -0.25) is 0 Å². The zero-order valence-corrected chi connectivity index (χ0v) is 13.7. The molecule has 2 N–H and O–H groups in total. The van der Waals surface area contributed by atoms with E-state index in [0.717, 1.165) is 30.4 Å². The molecule has 0 aliphatic rings.